The molecule has 0 radical (unpaired) electrons. The standard InChI is InChI=1S/C20H23FN2O4/c1-3-26-18-9-6-16(12-19(18)25-2)13-23-27-14-20(24)22-11-10-15-4-7-17(21)8-5-15/h4-9,12-13H,3,10-11,14H2,1-2H3,(H,22,24)/b23-13+. The highest BCUT2D eigenvalue weighted by Gasteiger charge is 2.05. The van der Waals surface area contributed by atoms with Crippen LogP contribution < -0.4 is 14.8 Å². The molecule has 1 N–H and O–H groups in total. The third-order valence-corrected chi connectivity index (χ3v) is 3.61. The summed E-state index contributed by atoms with van der Waals surface area (Å²) >= 11 is 0. The average Bonchev–Trinajstić information content (AvgIpc) is 2.68. The SMILES string of the molecule is CCOc1ccc(/C=N/OCC(=O)NCCc2ccc(F)cc2)cc1OC. The van der Waals surface area contributed by atoms with Gasteiger partial charge in [0.25, 0.3) is 5.91 Å². The Morgan fingerprint density at radius 1 is 1.19 bits per heavy atom. The molecule has 0 heterocycles. The maximum atomic E-state index is 12.8. The summed E-state index contributed by atoms with van der Waals surface area (Å²) in [6.07, 6.45) is 2.10. The summed E-state index contributed by atoms with van der Waals surface area (Å²) in [6, 6.07) is 11.5. The second-order valence-corrected chi connectivity index (χ2v) is 5.58. The first-order valence-electron chi connectivity index (χ1n) is 8.59. The smallest absolute Gasteiger partial charge is 0.260 e. The van der Waals surface area contributed by atoms with Gasteiger partial charge in [-0.15, -0.1) is 0 Å². The monoisotopic (exact) mass is 374 g/mol. The third-order valence-electron chi connectivity index (χ3n) is 3.61. The average molecular weight is 374 g/mol. The number of amides is 1. The third kappa shape index (κ3) is 6.97. The molecule has 0 atom stereocenters. The van der Waals surface area contributed by atoms with E-state index < -0.39 is 0 Å². The van der Waals surface area contributed by atoms with Crippen molar-refractivity contribution in [3.63, 3.8) is 0 Å². The fourth-order valence-electron chi connectivity index (χ4n) is 2.28. The number of halogens is 1. The van der Waals surface area contributed by atoms with Gasteiger partial charge in [0.05, 0.1) is 19.9 Å². The Labute approximate surface area is 157 Å². The van der Waals surface area contributed by atoms with Crippen LogP contribution in [0.2, 0.25) is 0 Å². The second-order valence-electron chi connectivity index (χ2n) is 5.58. The van der Waals surface area contributed by atoms with E-state index in [2.05, 4.69) is 10.5 Å². The minimum absolute atomic E-state index is 0.186. The van der Waals surface area contributed by atoms with Gasteiger partial charge in [-0.25, -0.2) is 4.39 Å². The zero-order valence-corrected chi connectivity index (χ0v) is 15.4. The lowest BCUT2D eigenvalue weighted by atomic mass is 10.1. The molecule has 0 saturated carbocycles. The number of hydrogen-bond acceptors (Lipinski definition) is 5. The van der Waals surface area contributed by atoms with Crippen LogP contribution in [0.3, 0.4) is 0 Å². The molecule has 2 aromatic rings. The van der Waals surface area contributed by atoms with Gasteiger partial charge in [-0.3, -0.25) is 4.79 Å². The van der Waals surface area contributed by atoms with Crippen molar-refractivity contribution in [3.8, 4) is 11.5 Å². The van der Waals surface area contributed by atoms with Crippen molar-refractivity contribution in [1.29, 1.82) is 0 Å². The van der Waals surface area contributed by atoms with Crippen LogP contribution in [0.1, 0.15) is 18.1 Å². The molecule has 0 aliphatic carbocycles. The van der Waals surface area contributed by atoms with Crippen LogP contribution in [0.4, 0.5) is 4.39 Å². The predicted molar refractivity (Wildman–Crippen MR) is 101 cm³/mol. The molecular formula is C20H23FN2O4. The number of carbonyl (C=O) groups excluding carboxylic acids is 1. The Hall–Kier alpha value is -3.09. The van der Waals surface area contributed by atoms with Gasteiger partial charge in [0.1, 0.15) is 5.82 Å². The van der Waals surface area contributed by atoms with Gasteiger partial charge in [-0.2, -0.15) is 0 Å². The van der Waals surface area contributed by atoms with Crippen LogP contribution in [0.25, 0.3) is 0 Å². The van der Waals surface area contributed by atoms with E-state index in [9.17, 15) is 9.18 Å². The van der Waals surface area contributed by atoms with Crippen molar-refractivity contribution in [2.24, 2.45) is 5.16 Å². The van der Waals surface area contributed by atoms with Crippen LogP contribution in [0.15, 0.2) is 47.6 Å². The Morgan fingerprint density at radius 3 is 2.67 bits per heavy atom. The molecule has 27 heavy (non-hydrogen) atoms. The Kier molecular flexibility index (Phi) is 8.09. The first kappa shape index (κ1) is 20.2. The van der Waals surface area contributed by atoms with Gasteiger partial charge in [-0.05, 0) is 49.2 Å². The molecule has 2 rings (SSSR count). The van der Waals surface area contributed by atoms with E-state index in [4.69, 9.17) is 14.3 Å². The molecule has 144 valence electrons. The maximum absolute atomic E-state index is 12.8. The number of methoxy groups -OCH3 is 1. The molecule has 0 aromatic heterocycles. The molecule has 6 nitrogen and oxygen atoms in total. The maximum Gasteiger partial charge on any atom is 0.260 e. The number of benzene rings is 2. The topological polar surface area (TPSA) is 69.2 Å². The van der Waals surface area contributed by atoms with Gasteiger partial charge in [0.15, 0.2) is 18.1 Å². The number of hydrogen-bond donors (Lipinski definition) is 1. The summed E-state index contributed by atoms with van der Waals surface area (Å²) < 4.78 is 23.5. The highest BCUT2D eigenvalue weighted by atomic mass is 19.1. The lowest BCUT2D eigenvalue weighted by Crippen LogP contribution is -2.28. The van der Waals surface area contributed by atoms with Crippen LogP contribution in [0.5, 0.6) is 11.5 Å². The quantitative estimate of drug-likeness (QED) is 0.513. The van der Waals surface area contributed by atoms with Crippen LogP contribution >= 0.6 is 0 Å². The molecule has 0 aliphatic heterocycles. The summed E-state index contributed by atoms with van der Waals surface area (Å²) in [5.41, 5.74) is 1.70. The second kappa shape index (κ2) is 10.8. The number of rotatable bonds is 10. The van der Waals surface area contributed by atoms with Crippen LogP contribution in [-0.4, -0.2) is 39.0 Å². The molecule has 0 fully saturated rings. The first-order valence-corrected chi connectivity index (χ1v) is 8.59. The lowest BCUT2D eigenvalue weighted by molar-refractivity contribution is -0.125. The Bertz CT molecular complexity index is 763. The highest BCUT2D eigenvalue weighted by molar-refractivity contribution is 5.81. The summed E-state index contributed by atoms with van der Waals surface area (Å²) in [5, 5.41) is 6.50. The Balaban J connectivity index is 1.71. The predicted octanol–water partition coefficient (Wildman–Crippen LogP) is 2.94. The summed E-state index contributed by atoms with van der Waals surface area (Å²) in [6.45, 7) is 2.69. The fourth-order valence-corrected chi connectivity index (χ4v) is 2.28. The van der Waals surface area contributed by atoms with E-state index in [1.807, 2.05) is 13.0 Å². The van der Waals surface area contributed by atoms with E-state index >= 15 is 0 Å². The van der Waals surface area contributed by atoms with Gasteiger partial charge in [0.2, 0.25) is 0 Å². The normalized spacial score (nSPS) is 10.6. The Morgan fingerprint density at radius 2 is 1.96 bits per heavy atom. The molecule has 1 amide bonds. The summed E-state index contributed by atoms with van der Waals surface area (Å²) in [7, 11) is 1.56. The number of ether oxygens (including phenoxy) is 2. The molecule has 0 spiro atoms. The minimum Gasteiger partial charge on any atom is -0.493 e. The van der Waals surface area contributed by atoms with E-state index in [1.165, 1.54) is 18.3 Å². The largest absolute Gasteiger partial charge is 0.493 e. The van der Waals surface area contributed by atoms with Crippen molar-refractivity contribution in [1.82, 2.24) is 5.32 Å². The minimum atomic E-state index is -0.279. The van der Waals surface area contributed by atoms with E-state index in [1.54, 1.807) is 31.4 Å². The molecule has 2 aromatic carbocycles. The number of carbonyl (C=O) groups is 1. The van der Waals surface area contributed by atoms with Crippen molar-refractivity contribution < 1.29 is 23.5 Å². The van der Waals surface area contributed by atoms with Crippen LogP contribution in [0, 0.1) is 5.82 Å². The van der Waals surface area contributed by atoms with Gasteiger partial charge < -0.3 is 19.6 Å². The summed E-state index contributed by atoms with van der Waals surface area (Å²) in [5.74, 6) is 0.690. The van der Waals surface area contributed by atoms with Gasteiger partial charge in [0, 0.05) is 12.1 Å². The van der Waals surface area contributed by atoms with E-state index in [0.29, 0.717) is 31.1 Å². The fraction of sp³-hybridized carbons (Fsp3) is 0.300. The number of nitrogens with zero attached hydrogens (tertiary/aromatic N) is 1. The highest BCUT2D eigenvalue weighted by Crippen LogP contribution is 2.27. The van der Waals surface area contributed by atoms with Gasteiger partial charge in [-0.1, -0.05) is 17.3 Å². The zero-order valence-electron chi connectivity index (χ0n) is 15.4. The van der Waals surface area contributed by atoms with E-state index in [-0.39, 0.29) is 18.3 Å². The lowest BCUT2D eigenvalue weighted by Gasteiger charge is -2.09. The molecular weight excluding hydrogens is 351 g/mol. The van der Waals surface area contributed by atoms with Crippen LogP contribution in [-0.2, 0) is 16.1 Å². The molecule has 0 unspecified atom stereocenters. The number of nitrogens with one attached hydrogen (secondary N) is 1. The number of oxime groups is 1. The molecule has 0 bridgehead atoms. The van der Waals surface area contributed by atoms with Crippen molar-refractivity contribution >= 4 is 12.1 Å². The zero-order chi connectivity index (χ0) is 19.5. The van der Waals surface area contributed by atoms with Crippen molar-refractivity contribution in [2.75, 3.05) is 26.9 Å². The molecule has 0 aliphatic rings. The van der Waals surface area contributed by atoms with Crippen molar-refractivity contribution in [2.45, 2.75) is 13.3 Å². The van der Waals surface area contributed by atoms with Gasteiger partial charge >= 0.3 is 0 Å². The van der Waals surface area contributed by atoms with Crippen molar-refractivity contribution in [3.05, 3.63) is 59.4 Å². The van der Waals surface area contributed by atoms with E-state index in [0.717, 1.165) is 11.1 Å². The molecule has 0 saturated heterocycles. The summed E-state index contributed by atoms with van der Waals surface area (Å²) in [4.78, 5) is 16.7. The molecule has 7 heteroatoms. The first-order chi connectivity index (χ1) is 13.1.